The van der Waals surface area contributed by atoms with Crippen molar-refractivity contribution in [2.75, 3.05) is 5.01 Å². The van der Waals surface area contributed by atoms with E-state index in [0.29, 0.717) is 30.6 Å². The van der Waals surface area contributed by atoms with Crippen LogP contribution in [0.4, 0.5) is 5.69 Å². The van der Waals surface area contributed by atoms with Gasteiger partial charge in [-0.1, -0.05) is 18.2 Å². The first-order chi connectivity index (χ1) is 13.6. The molecule has 2 aliphatic rings. The molecule has 3 amide bonds. The second kappa shape index (κ2) is 7.64. The minimum absolute atomic E-state index is 0.150. The molecule has 4 rings (SSSR count). The zero-order valence-corrected chi connectivity index (χ0v) is 15.2. The highest BCUT2D eigenvalue weighted by Gasteiger charge is 2.42. The van der Waals surface area contributed by atoms with Gasteiger partial charge in [0.25, 0.3) is 5.91 Å². The van der Waals surface area contributed by atoms with Gasteiger partial charge in [-0.3, -0.25) is 24.8 Å². The van der Waals surface area contributed by atoms with Crippen molar-refractivity contribution in [1.29, 1.82) is 0 Å². The molecule has 0 spiro atoms. The Morgan fingerprint density at radius 1 is 1.11 bits per heavy atom. The summed E-state index contributed by atoms with van der Waals surface area (Å²) in [7, 11) is 0. The third-order valence-corrected chi connectivity index (χ3v) is 5.10. The molecule has 0 unspecified atom stereocenters. The Bertz CT molecular complexity index is 942. The fraction of sp³-hybridized carbons (Fsp3) is 0.238. The van der Waals surface area contributed by atoms with Crippen molar-refractivity contribution in [3.05, 3.63) is 72.1 Å². The minimum atomic E-state index is -0.358. The predicted molar refractivity (Wildman–Crippen MR) is 103 cm³/mol. The van der Waals surface area contributed by atoms with E-state index in [2.05, 4.69) is 15.7 Å². The van der Waals surface area contributed by atoms with Gasteiger partial charge in [0.1, 0.15) is 0 Å². The van der Waals surface area contributed by atoms with Crippen molar-refractivity contribution in [1.82, 2.24) is 15.7 Å². The van der Waals surface area contributed by atoms with E-state index >= 15 is 0 Å². The second-order valence-corrected chi connectivity index (χ2v) is 6.89. The zero-order valence-electron chi connectivity index (χ0n) is 15.2. The molecule has 1 aromatic carbocycles. The fourth-order valence-corrected chi connectivity index (χ4v) is 3.55. The molecule has 28 heavy (non-hydrogen) atoms. The van der Waals surface area contributed by atoms with Crippen LogP contribution in [0.5, 0.6) is 0 Å². The lowest BCUT2D eigenvalue weighted by atomic mass is 9.80. The summed E-state index contributed by atoms with van der Waals surface area (Å²) in [6.45, 7) is 0.376. The first kappa shape index (κ1) is 17.9. The maximum absolute atomic E-state index is 12.9. The van der Waals surface area contributed by atoms with E-state index < -0.39 is 0 Å². The number of fused-ring (bicyclic) bond motifs is 1. The van der Waals surface area contributed by atoms with Crippen LogP contribution in [-0.4, -0.2) is 22.7 Å². The molecule has 7 nitrogen and oxygen atoms in total. The van der Waals surface area contributed by atoms with Gasteiger partial charge < -0.3 is 5.32 Å². The number of rotatable bonds is 4. The summed E-state index contributed by atoms with van der Waals surface area (Å²) in [5, 5.41) is 4.11. The largest absolute Gasteiger partial charge is 0.348 e. The van der Waals surface area contributed by atoms with Crippen molar-refractivity contribution in [3.8, 4) is 0 Å². The molecule has 1 aliphatic heterocycles. The number of anilines is 1. The summed E-state index contributed by atoms with van der Waals surface area (Å²) in [6, 6.07) is 10.3. The van der Waals surface area contributed by atoms with Crippen LogP contribution in [0.2, 0.25) is 0 Å². The number of hydrogen-bond acceptors (Lipinski definition) is 4. The Morgan fingerprint density at radius 2 is 1.86 bits per heavy atom. The lowest BCUT2D eigenvalue weighted by Crippen LogP contribution is -2.59. The molecule has 7 heteroatoms. The van der Waals surface area contributed by atoms with Gasteiger partial charge in [0, 0.05) is 24.5 Å². The van der Waals surface area contributed by atoms with E-state index in [0.717, 1.165) is 5.56 Å². The topological polar surface area (TPSA) is 91.4 Å². The average Bonchev–Trinajstić information content (AvgIpc) is 2.75. The molecule has 1 saturated heterocycles. The molecule has 1 aromatic heterocycles. The van der Waals surface area contributed by atoms with E-state index in [1.807, 2.05) is 24.3 Å². The summed E-state index contributed by atoms with van der Waals surface area (Å²) in [4.78, 5) is 41.7. The summed E-state index contributed by atoms with van der Waals surface area (Å²) in [6.07, 6.45) is 8.35. The molecule has 0 bridgehead atoms. The molecule has 0 radical (unpaired) electrons. The van der Waals surface area contributed by atoms with Gasteiger partial charge in [-0.2, -0.15) is 0 Å². The quantitative estimate of drug-likeness (QED) is 0.798. The smallest absolute Gasteiger partial charge is 0.251 e. The Labute approximate surface area is 162 Å². The predicted octanol–water partition coefficient (Wildman–Crippen LogP) is 1.97. The maximum Gasteiger partial charge on any atom is 0.251 e. The monoisotopic (exact) mass is 376 g/mol. The van der Waals surface area contributed by atoms with Crippen LogP contribution in [0.1, 0.15) is 28.8 Å². The third-order valence-electron chi connectivity index (χ3n) is 5.10. The van der Waals surface area contributed by atoms with E-state index in [-0.39, 0.29) is 29.6 Å². The number of amides is 3. The van der Waals surface area contributed by atoms with Gasteiger partial charge in [0.2, 0.25) is 11.8 Å². The molecule has 2 N–H and O–H groups in total. The Hall–Kier alpha value is -3.48. The van der Waals surface area contributed by atoms with Crippen molar-refractivity contribution in [3.63, 3.8) is 0 Å². The number of hydrogen-bond donors (Lipinski definition) is 2. The average molecular weight is 376 g/mol. The maximum atomic E-state index is 12.9. The molecule has 0 saturated carbocycles. The zero-order chi connectivity index (χ0) is 19.5. The van der Waals surface area contributed by atoms with Crippen LogP contribution in [0.3, 0.4) is 0 Å². The second-order valence-electron chi connectivity index (χ2n) is 6.89. The molecule has 2 aromatic rings. The van der Waals surface area contributed by atoms with E-state index in [9.17, 15) is 14.4 Å². The standard InChI is InChI=1S/C21H20N4O3/c26-19(23-13-14-8-10-22-11-9-14)15-4-3-5-16(12-15)25-21(28)18-7-2-1-6-17(18)20(27)24-25/h1-5,8-12,17-18H,6-7,13H2,(H,23,26)(H,24,27)/t17-,18-/m0/s1. The van der Waals surface area contributed by atoms with E-state index in [4.69, 9.17) is 0 Å². The van der Waals surface area contributed by atoms with Gasteiger partial charge in [-0.05, 0) is 48.7 Å². The fourth-order valence-electron chi connectivity index (χ4n) is 3.55. The summed E-state index contributed by atoms with van der Waals surface area (Å²) >= 11 is 0. The van der Waals surface area contributed by atoms with Crippen molar-refractivity contribution < 1.29 is 14.4 Å². The third kappa shape index (κ3) is 3.51. The number of allylic oxidation sites excluding steroid dienone is 2. The summed E-state index contributed by atoms with van der Waals surface area (Å²) < 4.78 is 0. The molecular weight excluding hydrogens is 356 g/mol. The van der Waals surface area contributed by atoms with Crippen LogP contribution >= 0.6 is 0 Å². The van der Waals surface area contributed by atoms with Gasteiger partial charge >= 0.3 is 0 Å². The number of carbonyl (C=O) groups excluding carboxylic acids is 3. The number of nitrogens with one attached hydrogen (secondary N) is 2. The van der Waals surface area contributed by atoms with E-state index in [1.165, 1.54) is 5.01 Å². The Kier molecular flexibility index (Phi) is 4.89. The highest BCUT2D eigenvalue weighted by Crippen LogP contribution is 2.32. The highest BCUT2D eigenvalue weighted by atomic mass is 16.2. The molecule has 2 heterocycles. The SMILES string of the molecule is O=C(NCc1ccncc1)c1cccc(N2NC(=O)[C@H]3CC=CC[C@@H]3C2=O)c1. The lowest BCUT2D eigenvalue weighted by molar-refractivity contribution is -0.139. The summed E-state index contributed by atoms with van der Waals surface area (Å²) in [5.41, 5.74) is 4.51. The van der Waals surface area contributed by atoms with Crippen LogP contribution in [0.15, 0.2) is 60.9 Å². The van der Waals surface area contributed by atoms with Crippen LogP contribution in [0, 0.1) is 11.8 Å². The molecule has 142 valence electrons. The van der Waals surface area contributed by atoms with Crippen LogP contribution in [0.25, 0.3) is 0 Å². The Balaban J connectivity index is 1.50. The van der Waals surface area contributed by atoms with E-state index in [1.54, 1.807) is 36.7 Å². The van der Waals surface area contributed by atoms with Gasteiger partial charge in [-0.15, -0.1) is 0 Å². The van der Waals surface area contributed by atoms with Crippen molar-refractivity contribution in [2.45, 2.75) is 19.4 Å². The molecule has 1 fully saturated rings. The number of nitrogens with zero attached hydrogens (tertiary/aromatic N) is 2. The van der Waals surface area contributed by atoms with Crippen molar-refractivity contribution in [2.24, 2.45) is 11.8 Å². The molecule has 2 atom stereocenters. The minimum Gasteiger partial charge on any atom is -0.348 e. The van der Waals surface area contributed by atoms with Crippen LogP contribution in [-0.2, 0) is 16.1 Å². The van der Waals surface area contributed by atoms with Gasteiger partial charge in [0.05, 0.1) is 17.5 Å². The van der Waals surface area contributed by atoms with Gasteiger partial charge in [0.15, 0.2) is 0 Å². The number of pyridine rings is 1. The summed E-state index contributed by atoms with van der Waals surface area (Å²) in [5.74, 6) is -1.25. The molecule has 1 aliphatic carbocycles. The number of aromatic nitrogens is 1. The first-order valence-corrected chi connectivity index (χ1v) is 9.20. The van der Waals surface area contributed by atoms with Gasteiger partial charge in [-0.25, -0.2) is 5.01 Å². The Morgan fingerprint density at radius 3 is 2.64 bits per heavy atom. The number of carbonyl (C=O) groups is 3. The van der Waals surface area contributed by atoms with Crippen LogP contribution < -0.4 is 15.8 Å². The first-order valence-electron chi connectivity index (χ1n) is 9.20. The number of benzene rings is 1. The normalized spacial score (nSPS) is 21.1. The van der Waals surface area contributed by atoms with Crippen molar-refractivity contribution >= 4 is 23.4 Å². The molecular formula is C21H20N4O3. The number of hydrazine groups is 1. The highest BCUT2D eigenvalue weighted by molar-refractivity contribution is 6.05. The lowest BCUT2D eigenvalue weighted by Gasteiger charge is -2.38.